The minimum absolute atomic E-state index is 0.0151. The topological polar surface area (TPSA) is 6.48 Å². The molecule has 2 nitrogen and oxygen atoms in total. The minimum Gasteiger partial charge on any atom is -0.311 e. The number of nitrogens with zero attached hydrogens (tertiary/aromatic N) is 2. The zero-order valence-electron chi connectivity index (χ0n) is 38.8. The van der Waals surface area contributed by atoms with Crippen molar-refractivity contribution in [2.75, 3.05) is 9.80 Å². The maximum atomic E-state index is 2.59. The molecule has 1 aliphatic carbocycles. The van der Waals surface area contributed by atoms with Gasteiger partial charge in [-0.15, -0.1) is 11.3 Å². The first-order chi connectivity index (χ1) is 30.6. The Morgan fingerprint density at radius 1 is 0.469 bits per heavy atom. The van der Waals surface area contributed by atoms with E-state index in [1.165, 1.54) is 110 Å². The number of fused-ring (bicyclic) bond motifs is 7. The molecule has 0 unspecified atom stereocenters. The van der Waals surface area contributed by atoms with Crippen molar-refractivity contribution < 1.29 is 0 Å². The highest BCUT2D eigenvalue weighted by Gasteiger charge is 2.45. The summed E-state index contributed by atoms with van der Waals surface area (Å²) in [5.41, 5.74) is 21.9. The van der Waals surface area contributed by atoms with Crippen molar-refractivity contribution in [3.63, 3.8) is 0 Å². The first kappa shape index (κ1) is 40.7. The van der Waals surface area contributed by atoms with Crippen molar-refractivity contribution in [1.29, 1.82) is 0 Å². The molecule has 0 saturated heterocycles. The quantitative estimate of drug-likeness (QED) is 0.163. The van der Waals surface area contributed by atoms with Crippen molar-refractivity contribution in [2.24, 2.45) is 0 Å². The van der Waals surface area contributed by atoms with E-state index < -0.39 is 0 Å². The molecule has 2 aliphatic heterocycles. The summed E-state index contributed by atoms with van der Waals surface area (Å²) < 4.78 is 1.38. The van der Waals surface area contributed by atoms with Gasteiger partial charge in [0.05, 0.1) is 0 Å². The Morgan fingerprint density at radius 3 is 1.52 bits per heavy atom. The molecule has 0 atom stereocenters. The van der Waals surface area contributed by atoms with E-state index in [-0.39, 0.29) is 23.0 Å². The van der Waals surface area contributed by atoms with E-state index in [2.05, 4.69) is 230 Å². The van der Waals surface area contributed by atoms with Gasteiger partial charge in [-0.3, -0.25) is 0 Å². The maximum Gasteiger partial charge on any atom is 0.252 e. The Bertz CT molecular complexity index is 3150. The molecule has 3 heterocycles. The zero-order chi connectivity index (χ0) is 44.3. The maximum absolute atomic E-state index is 2.59. The van der Waals surface area contributed by atoms with Gasteiger partial charge in [0, 0.05) is 54.7 Å². The largest absolute Gasteiger partial charge is 0.311 e. The van der Waals surface area contributed by atoms with Crippen LogP contribution in [0.5, 0.6) is 0 Å². The van der Waals surface area contributed by atoms with Crippen LogP contribution < -0.4 is 26.2 Å². The van der Waals surface area contributed by atoms with Gasteiger partial charge >= 0.3 is 0 Å². The normalized spacial score (nSPS) is 14.5. The van der Waals surface area contributed by atoms with E-state index >= 15 is 0 Å². The van der Waals surface area contributed by atoms with Crippen LogP contribution in [0.3, 0.4) is 0 Å². The van der Waals surface area contributed by atoms with Crippen molar-refractivity contribution in [3.05, 3.63) is 190 Å². The highest BCUT2D eigenvalue weighted by atomic mass is 32.1. The van der Waals surface area contributed by atoms with E-state index in [4.69, 9.17) is 0 Å². The van der Waals surface area contributed by atoms with E-state index in [1.807, 2.05) is 11.3 Å². The van der Waals surface area contributed by atoms with Crippen LogP contribution in [0, 0.1) is 0 Å². The van der Waals surface area contributed by atoms with Crippen LogP contribution >= 0.6 is 11.3 Å². The van der Waals surface area contributed by atoms with Gasteiger partial charge in [-0.25, -0.2) is 0 Å². The summed E-state index contributed by atoms with van der Waals surface area (Å²) in [6.45, 7) is 21.2. The van der Waals surface area contributed by atoms with E-state index in [1.54, 1.807) is 0 Å². The van der Waals surface area contributed by atoms with Crippen LogP contribution in [0.1, 0.15) is 101 Å². The summed E-state index contributed by atoms with van der Waals surface area (Å²) in [7, 11) is 0. The highest BCUT2D eigenvalue weighted by Crippen LogP contribution is 2.48. The number of thiophene rings is 1. The first-order valence-electron chi connectivity index (χ1n) is 23.2. The standard InChI is InChI=1S/C60H57BN2S/c1-58(2,3)41-26-32-50-48(34-41)61-49-35-42(59(4,5)6)27-33-51(49)63(45-30-24-40(25-31-45)46-19-15-21-55-56(46)47-18-13-14-20-54(47)64-55)53-37-43(60(7,8)9)36-52(57(53)61)62(50)44-28-22-39(23-29-44)38-16-11-10-12-17-38/h10-14,16-20,22-37H,15,21H2,1-9H3. The molecule has 64 heavy (non-hydrogen) atoms. The third-order valence-electron chi connectivity index (χ3n) is 14.0. The molecule has 0 N–H and O–H groups in total. The van der Waals surface area contributed by atoms with Crippen LogP contribution in [0.4, 0.5) is 34.1 Å². The number of hydrogen-bond donors (Lipinski definition) is 0. The molecule has 0 bridgehead atoms. The smallest absolute Gasteiger partial charge is 0.252 e. The summed E-state index contributed by atoms with van der Waals surface area (Å²) in [6, 6.07) is 58.1. The average molecular weight is 849 g/mol. The molecule has 7 aromatic carbocycles. The summed E-state index contributed by atoms with van der Waals surface area (Å²) in [5, 5.41) is 1.38. The monoisotopic (exact) mass is 848 g/mol. The summed E-state index contributed by atoms with van der Waals surface area (Å²) in [5.74, 6) is 0. The zero-order valence-corrected chi connectivity index (χ0v) is 39.6. The molecular weight excluding hydrogens is 792 g/mol. The Hall–Kier alpha value is -6.10. The predicted octanol–water partition coefficient (Wildman–Crippen LogP) is 14.9. The SMILES string of the molecule is CC(C)(C)c1ccc2c(c1)B1c3cc(C(C)(C)C)ccc3N(c3ccc(-c4ccccc4)cc3)c3cc(C(C)(C)C)cc(c31)N2c1ccc(C2=CCCc3sc4ccccc4c32)cc1. The third kappa shape index (κ3) is 6.67. The van der Waals surface area contributed by atoms with Gasteiger partial charge in [-0.1, -0.05) is 165 Å². The Kier molecular flexibility index (Phi) is 9.36. The van der Waals surface area contributed by atoms with Crippen LogP contribution in [0.15, 0.2) is 158 Å². The molecule has 3 aliphatic rings. The summed E-state index contributed by atoms with van der Waals surface area (Å²) >= 11 is 1.97. The first-order valence-corrected chi connectivity index (χ1v) is 24.0. The minimum atomic E-state index is -0.0966. The van der Waals surface area contributed by atoms with Gasteiger partial charge in [-0.05, 0) is 139 Å². The number of hydrogen-bond acceptors (Lipinski definition) is 3. The molecule has 8 aromatic rings. The number of allylic oxidation sites excluding steroid dienone is 1. The number of benzene rings is 7. The van der Waals surface area contributed by atoms with Crippen LogP contribution in [0.2, 0.25) is 0 Å². The van der Waals surface area contributed by atoms with Gasteiger partial charge in [0.2, 0.25) is 0 Å². The molecule has 0 radical (unpaired) electrons. The lowest BCUT2D eigenvalue weighted by molar-refractivity contribution is 0.590. The Balaban J connectivity index is 1.15. The second-order valence-corrected chi connectivity index (χ2v) is 22.5. The van der Waals surface area contributed by atoms with E-state index in [0.29, 0.717) is 0 Å². The molecule has 4 heteroatoms. The molecule has 316 valence electrons. The average Bonchev–Trinajstić information content (AvgIpc) is 3.67. The lowest BCUT2D eigenvalue weighted by Crippen LogP contribution is -2.61. The Labute approximate surface area is 385 Å². The lowest BCUT2D eigenvalue weighted by atomic mass is 9.33. The molecule has 11 rings (SSSR count). The van der Waals surface area contributed by atoms with Crippen molar-refractivity contribution in [1.82, 2.24) is 0 Å². The van der Waals surface area contributed by atoms with Gasteiger partial charge < -0.3 is 9.80 Å². The second-order valence-electron chi connectivity index (χ2n) is 21.3. The predicted molar refractivity (Wildman–Crippen MR) is 279 cm³/mol. The fraction of sp³-hybridized carbons (Fsp3) is 0.233. The van der Waals surface area contributed by atoms with E-state index in [9.17, 15) is 0 Å². The number of rotatable bonds is 4. The molecule has 0 saturated carbocycles. The molecule has 0 fully saturated rings. The fourth-order valence-electron chi connectivity index (χ4n) is 10.4. The summed E-state index contributed by atoms with van der Waals surface area (Å²) in [6.07, 6.45) is 4.66. The number of aryl methyl sites for hydroxylation is 1. The molecule has 0 spiro atoms. The third-order valence-corrected chi connectivity index (χ3v) is 15.2. The van der Waals surface area contributed by atoms with Crippen molar-refractivity contribution in [3.8, 4) is 11.1 Å². The van der Waals surface area contributed by atoms with Gasteiger partial charge in [0.25, 0.3) is 6.71 Å². The summed E-state index contributed by atoms with van der Waals surface area (Å²) in [4.78, 5) is 6.67. The van der Waals surface area contributed by atoms with Gasteiger partial charge in [0.15, 0.2) is 0 Å². The van der Waals surface area contributed by atoms with Crippen LogP contribution in [-0.2, 0) is 22.7 Å². The molecule has 0 amide bonds. The van der Waals surface area contributed by atoms with Crippen molar-refractivity contribution in [2.45, 2.75) is 91.4 Å². The van der Waals surface area contributed by atoms with Crippen molar-refractivity contribution >= 4 is 84.2 Å². The van der Waals surface area contributed by atoms with Crippen LogP contribution in [-0.4, -0.2) is 6.71 Å². The second kappa shape index (κ2) is 14.7. The fourth-order valence-corrected chi connectivity index (χ4v) is 11.7. The van der Waals surface area contributed by atoms with E-state index in [0.717, 1.165) is 12.8 Å². The van der Waals surface area contributed by atoms with Gasteiger partial charge in [-0.2, -0.15) is 0 Å². The number of anilines is 6. The van der Waals surface area contributed by atoms with Crippen LogP contribution in [0.25, 0.3) is 26.8 Å². The highest BCUT2D eigenvalue weighted by molar-refractivity contribution is 7.19. The Morgan fingerprint density at radius 2 is 0.969 bits per heavy atom. The van der Waals surface area contributed by atoms with Gasteiger partial charge in [0.1, 0.15) is 0 Å². The molecule has 1 aromatic heterocycles. The molecular formula is C60H57BN2S. The lowest BCUT2D eigenvalue weighted by Gasteiger charge is -2.45.